The van der Waals surface area contributed by atoms with E-state index in [1.54, 1.807) is 0 Å². The molecule has 0 saturated carbocycles. The van der Waals surface area contributed by atoms with Gasteiger partial charge in [-0.3, -0.25) is 15.0 Å². The zero-order valence-electron chi connectivity index (χ0n) is 18.6. The lowest BCUT2D eigenvalue weighted by Crippen LogP contribution is -2.45. The first-order chi connectivity index (χ1) is 15.8. The van der Waals surface area contributed by atoms with E-state index in [9.17, 15) is 0 Å². The summed E-state index contributed by atoms with van der Waals surface area (Å²) in [6.45, 7) is 8.33. The van der Waals surface area contributed by atoms with Crippen LogP contribution in [0.3, 0.4) is 0 Å². The maximum Gasteiger partial charge on any atom is 0.142 e. The molecule has 2 aromatic carbocycles. The van der Waals surface area contributed by atoms with Crippen LogP contribution in [0.25, 0.3) is 0 Å². The number of aryl methyl sites for hydroxylation is 1. The first-order valence-electron chi connectivity index (χ1n) is 11.3. The minimum absolute atomic E-state index is 0.671. The number of aromatic nitrogens is 2. The van der Waals surface area contributed by atoms with Crippen LogP contribution in [0.5, 0.6) is 0 Å². The fourth-order valence-electron chi connectivity index (χ4n) is 4.30. The Hall–Kier alpha value is -3.16. The molecule has 1 aromatic heterocycles. The Morgan fingerprint density at radius 3 is 2.50 bits per heavy atom. The number of aromatic amines is 1. The molecule has 3 heterocycles. The van der Waals surface area contributed by atoms with Gasteiger partial charge in [0.1, 0.15) is 18.3 Å². The van der Waals surface area contributed by atoms with E-state index >= 15 is 0 Å². The maximum absolute atomic E-state index is 5.46. The van der Waals surface area contributed by atoms with Gasteiger partial charge >= 0.3 is 0 Å². The van der Waals surface area contributed by atoms with Crippen molar-refractivity contribution in [1.29, 1.82) is 0 Å². The average Bonchev–Trinajstić information content (AvgIpc) is 3.33. The number of aliphatic imine (C=N–C) groups is 1. The summed E-state index contributed by atoms with van der Waals surface area (Å²) in [5.41, 5.74) is 4.54. The lowest BCUT2D eigenvalue weighted by Gasteiger charge is -2.38. The summed E-state index contributed by atoms with van der Waals surface area (Å²) in [6.07, 6.45) is 2.92. The van der Waals surface area contributed by atoms with Crippen LogP contribution in [0.1, 0.15) is 17.5 Å². The highest BCUT2D eigenvalue weighted by Crippen LogP contribution is 2.34. The Kier molecular flexibility index (Phi) is 6.18. The first kappa shape index (κ1) is 20.7. The van der Waals surface area contributed by atoms with E-state index in [4.69, 9.17) is 9.73 Å². The molecule has 32 heavy (non-hydrogen) atoms. The minimum Gasteiger partial charge on any atom is -0.379 e. The molecule has 0 bridgehead atoms. The quantitative estimate of drug-likeness (QED) is 0.603. The normalized spacial score (nSPS) is 18.2. The van der Waals surface area contributed by atoms with Crippen molar-refractivity contribution >= 4 is 23.0 Å². The SMILES string of the molecule is Cc1ccc(N2CN(c3ccccc3)c3[nH]ncc3C2=NCCCN2CCOCC2)cc1. The molecule has 1 N–H and O–H groups in total. The maximum atomic E-state index is 5.46. The van der Waals surface area contributed by atoms with Gasteiger partial charge in [0.15, 0.2) is 0 Å². The Morgan fingerprint density at radius 2 is 1.72 bits per heavy atom. The van der Waals surface area contributed by atoms with Gasteiger partial charge < -0.3 is 14.5 Å². The van der Waals surface area contributed by atoms with Crippen molar-refractivity contribution in [3.8, 4) is 0 Å². The molecule has 3 aromatic rings. The van der Waals surface area contributed by atoms with Gasteiger partial charge in [0, 0.05) is 37.6 Å². The summed E-state index contributed by atoms with van der Waals surface area (Å²) in [5, 5.41) is 7.58. The number of benzene rings is 2. The number of para-hydroxylation sites is 1. The Morgan fingerprint density at radius 1 is 0.969 bits per heavy atom. The summed E-state index contributed by atoms with van der Waals surface area (Å²) >= 11 is 0. The molecule has 5 rings (SSSR count). The van der Waals surface area contributed by atoms with Crippen molar-refractivity contribution < 1.29 is 4.74 Å². The lowest BCUT2D eigenvalue weighted by atomic mass is 10.1. The van der Waals surface area contributed by atoms with Gasteiger partial charge in [-0.2, -0.15) is 5.10 Å². The number of hydrogen-bond acceptors (Lipinski definition) is 5. The predicted octanol–water partition coefficient (Wildman–Crippen LogP) is 3.80. The number of nitrogens with one attached hydrogen (secondary N) is 1. The Balaban J connectivity index is 1.43. The van der Waals surface area contributed by atoms with Crippen molar-refractivity contribution in [3.05, 3.63) is 71.9 Å². The van der Waals surface area contributed by atoms with E-state index < -0.39 is 0 Å². The number of hydrogen-bond donors (Lipinski definition) is 1. The van der Waals surface area contributed by atoms with Gasteiger partial charge in [0.25, 0.3) is 0 Å². The van der Waals surface area contributed by atoms with Crippen molar-refractivity contribution in [2.75, 3.05) is 55.9 Å². The summed E-state index contributed by atoms with van der Waals surface area (Å²) in [5.74, 6) is 1.97. The molecular weight excluding hydrogens is 400 g/mol. The standard InChI is InChI=1S/C25H30N6O/c1-20-8-10-22(11-9-20)30-19-31(21-6-3-2-4-7-21)25-23(18-27-28-25)24(30)26-12-5-13-29-14-16-32-17-15-29/h2-4,6-11,18H,5,12-17,19H2,1H3,(H,27,28). The fourth-order valence-corrected chi connectivity index (χ4v) is 4.30. The number of nitrogens with zero attached hydrogens (tertiary/aromatic N) is 5. The van der Waals surface area contributed by atoms with Crippen LogP contribution >= 0.6 is 0 Å². The zero-order chi connectivity index (χ0) is 21.8. The van der Waals surface area contributed by atoms with E-state index in [0.29, 0.717) is 6.67 Å². The third kappa shape index (κ3) is 4.40. The highest BCUT2D eigenvalue weighted by molar-refractivity contribution is 6.15. The number of amidine groups is 1. The van der Waals surface area contributed by atoms with Crippen LogP contribution in [0.2, 0.25) is 0 Å². The topological polar surface area (TPSA) is 60.0 Å². The summed E-state index contributed by atoms with van der Waals surface area (Å²) in [6, 6.07) is 19.1. The van der Waals surface area contributed by atoms with Gasteiger partial charge in [-0.05, 0) is 37.6 Å². The van der Waals surface area contributed by atoms with E-state index in [1.165, 1.54) is 5.56 Å². The second kappa shape index (κ2) is 9.54. The molecule has 1 fully saturated rings. The molecule has 0 spiro atoms. The highest BCUT2D eigenvalue weighted by atomic mass is 16.5. The summed E-state index contributed by atoms with van der Waals surface area (Å²) in [7, 11) is 0. The van der Waals surface area contributed by atoms with Gasteiger partial charge in [-0.1, -0.05) is 35.9 Å². The van der Waals surface area contributed by atoms with Crippen LogP contribution in [-0.2, 0) is 4.74 Å². The molecular formula is C25H30N6O. The molecule has 2 aliphatic heterocycles. The molecule has 0 aliphatic carbocycles. The number of ether oxygens (including phenoxy) is 1. The smallest absolute Gasteiger partial charge is 0.142 e. The predicted molar refractivity (Wildman–Crippen MR) is 129 cm³/mol. The molecule has 0 atom stereocenters. The van der Waals surface area contributed by atoms with E-state index in [2.05, 4.69) is 80.4 Å². The molecule has 0 unspecified atom stereocenters. The Bertz CT molecular complexity index is 1040. The largest absolute Gasteiger partial charge is 0.379 e. The number of fused-ring (bicyclic) bond motifs is 1. The molecule has 0 radical (unpaired) electrons. The van der Waals surface area contributed by atoms with Crippen molar-refractivity contribution in [2.45, 2.75) is 13.3 Å². The third-order valence-corrected chi connectivity index (χ3v) is 6.08. The number of anilines is 3. The molecule has 1 saturated heterocycles. The third-order valence-electron chi connectivity index (χ3n) is 6.08. The monoisotopic (exact) mass is 430 g/mol. The molecule has 166 valence electrons. The average molecular weight is 431 g/mol. The van der Waals surface area contributed by atoms with Crippen LogP contribution < -0.4 is 9.80 Å². The minimum atomic E-state index is 0.671. The zero-order valence-corrected chi connectivity index (χ0v) is 18.6. The number of H-pyrrole nitrogens is 1. The van der Waals surface area contributed by atoms with E-state index in [1.807, 2.05) is 12.3 Å². The highest BCUT2D eigenvalue weighted by Gasteiger charge is 2.31. The van der Waals surface area contributed by atoms with Gasteiger partial charge in [-0.25, -0.2) is 0 Å². The fraction of sp³-hybridized carbons (Fsp3) is 0.360. The second-order valence-electron chi connectivity index (χ2n) is 8.31. The van der Waals surface area contributed by atoms with Crippen LogP contribution in [0.15, 0.2) is 65.8 Å². The number of rotatable bonds is 6. The van der Waals surface area contributed by atoms with Crippen molar-refractivity contribution in [3.63, 3.8) is 0 Å². The molecule has 0 amide bonds. The van der Waals surface area contributed by atoms with Gasteiger partial charge in [0.2, 0.25) is 0 Å². The first-order valence-corrected chi connectivity index (χ1v) is 11.3. The van der Waals surface area contributed by atoms with Gasteiger partial charge in [-0.15, -0.1) is 0 Å². The molecule has 7 nitrogen and oxygen atoms in total. The van der Waals surface area contributed by atoms with E-state index in [0.717, 1.165) is 74.4 Å². The van der Waals surface area contributed by atoms with Crippen molar-refractivity contribution in [2.24, 2.45) is 4.99 Å². The molecule has 2 aliphatic rings. The van der Waals surface area contributed by atoms with Crippen molar-refractivity contribution in [1.82, 2.24) is 15.1 Å². The Labute approximate surface area is 189 Å². The van der Waals surface area contributed by atoms with Crippen LogP contribution in [-0.4, -0.2) is 67.0 Å². The lowest BCUT2D eigenvalue weighted by molar-refractivity contribution is 0.0377. The second-order valence-corrected chi connectivity index (χ2v) is 8.31. The van der Waals surface area contributed by atoms with Crippen LogP contribution in [0.4, 0.5) is 17.2 Å². The summed E-state index contributed by atoms with van der Waals surface area (Å²) in [4.78, 5) is 12.1. The van der Waals surface area contributed by atoms with Crippen LogP contribution in [0, 0.1) is 6.92 Å². The summed E-state index contributed by atoms with van der Waals surface area (Å²) < 4.78 is 5.46. The number of morpholine rings is 1. The van der Waals surface area contributed by atoms with E-state index in [-0.39, 0.29) is 0 Å². The molecule has 7 heteroatoms. The van der Waals surface area contributed by atoms with Gasteiger partial charge in [0.05, 0.1) is 25.0 Å².